The van der Waals surface area contributed by atoms with Crippen LogP contribution in [-0.2, 0) is 11.3 Å². The molecule has 2 N–H and O–H groups in total. The van der Waals surface area contributed by atoms with Crippen molar-refractivity contribution in [1.82, 2.24) is 10.6 Å². The van der Waals surface area contributed by atoms with Crippen molar-refractivity contribution in [3.63, 3.8) is 0 Å². The quantitative estimate of drug-likeness (QED) is 0.685. The molecule has 1 aromatic carbocycles. The molecule has 0 radical (unpaired) electrons. The van der Waals surface area contributed by atoms with E-state index in [1.54, 1.807) is 11.8 Å². The van der Waals surface area contributed by atoms with Gasteiger partial charge in [0.1, 0.15) is 0 Å². The van der Waals surface area contributed by atoms with E-state index in [1.807, 2.05) is 0 Å². The maximum absolute atomic E-state index is 11.8. The van der Waals surface area contributed by atoms with Crippen LogP contribution in [-0.4, -0.2) is 23.7 Å². The van der Waals surface area contributed by atoms with Gasteiger partial charge in [0.25, 0.3) is 0 Å². The highest BCUT2D eigenvalue weighted by Crippen LogP contribution is 2.18. The van der Waals surface area contributed by atoms with Crippen LogP contribution in [0.3, 0.4) is 0 Å². The second-order valence-electron chi connectivity index (χ2n) is 5.55. The number of amides is 1. The second kappa shape index (κ2) is 9.85. The monoisotopic (exact) mass is 308 g/mol. The van der Waals surface area contributed by atoms with Crippen LogP contribution in [0, 0.1) is 0 Å². The van der Waals surface area contributed by atoms with Gasteiger partial charge in [-0.25, -0.2) is 0 Å². The molecule has 0 spiro atoms. The first-order valence-electron chi connectivity index (χ1n) is 7.79. The molecule has 1 aromatic rings. The Labute approximate surface area is 133 Å². The molecule has 0 aliphatic rings. The average Bonchev–Trinajstić information content (AvgIpc) is 2.49. The highest BCUT2D eigenvalue weighted by atomic mass is 32.2. The lowest BCUT2D eigenvalue weighted by Crippen LogP contribution is -2.34. The predicted octanol–water partition coefficient (Wildman–Crippen LogP) is 3.58. The van der Waals surface area contributed by atoms with Crippen molar-refractivity contribution >= 4 is 17.7 Å². The molecule has 0 aromatic heterocycles. The summed E-state index contributed by atoms with van der Waals surface area (Å²) in [6, 6.07) is 9.22. The van der Waals surface area contributed by atoms with Crippen LogP contribution in [0.5, 0.6) is 0 Å². The number of carbonyl (C=O) groups excluding carboxylic acids is 1. The van der Waals surface area contributed by atoms with Crippen LogP contribution in [0.1, 0.15) is 46.1 Å². The van der Waals surface area contributed by atoms with Gasteiger partial charge in [-0.15, -0.1) is 11.8 Å². The highest BCUT2D eigenvalue weighted by molar-refractivity contribution is 8.00. The predicted molar refractivity (Wildman–Crippen MR) is 91.7 cm³/mol. The van der Waals surface area contributed by atoms with E-state index in [-0.39, 0.29) is 5.91 Å². The fourth-order valence-electron chi connectivity index (χ4n) is 1.94. The number of nitrogens with one attached hydrogen (secondary N) is 2. The molecule has 0 aliphatic carbocycles. The Morgan fingerprint density at radius 2 is 1.76 bits per heavy atom. The van der Waals surface area contributed by atoms with Crippen LogP contribution in [0.4, 0.5) is 0 Å². The van der Waals surface area contributed by atoms with Crippen molar-refractivity contribution in [3.05, 3.63) is 29.8 Å². The summed E-state index contributed by atoms with van der Waals surface area (Å²) in [4.78, 5) is 13.0. The molecular formula is C17H28N2OS. The topological polar surface area (TPSA) is 41.1 Å². The minimum Gasteiger partial charge on any atom is -0.353 e. The molecule has 4 heteroatoms. The summed E-state index contributed by atoms with van der Waals surface area (Å²) in [6.07, 6.45) is 1.98. The van der Waals surface area contributed by atoms with E-state index in [0.717, 1.165) is 24.3 Å². The lowest BCUT2D eigenvalue weighted by Gasteiger charge is -2.14. The van der Waals surface area contributed by atoms with Crippen molar-refractivity contribution in [2.75, 3.05) is 5.75 Å². The summed E-state index contributed by atoms with van der Waals surface area (Å²) in [5, 5.41) is 6.46. The largest absolute Gasteiger partial charge is 0.353 e. The highest BCUT2D eigenvalue weighted by Gasteiger charge is 2.08. The van der Waals surface area contributed by atoms with Crippen molar-refractivity contribution in [2.24, 2.45) is 0 Å². The van der Waals surface area contributed by atoms with Crippen molar-refractivity contribution < 1.29 is 4.79 Å². The zero-order valence-electron chi connectivity index (χ0n) is 13.6. The van der Waals surface area contributed by atoms with Gasteiger partial charge in [-0.1, -0.05) is 39.8 Å². The third-order valence-corrected chi connectivity index (χ3v) is 4.37. The maximum Gasteiger partial charge on any atom is 0.230 e. The second-order valence-corrected chi connectivity index (χ2v) is 6.60. The van der Waals surface area contributed by atoms with Gasteiger partial charge in [-0.05, 0) is 30.5 Å². The van der Waals surface area contributed by atoms with Crippen LogP contribution >= 0.6 is 11.8 Å². The number of thioether (sulfide) groups is 1. The van der Waals surface area contributed by atoms with Crippen LogP contribution in [0.25, 0.3) is 0 Å². The van der Waals surface area contributed by atoms with Crippen molar-refractivity contribution in [2.45, 2.75) is 64.1 Å². The van der Waals surface area contributed by atoms with E-state index in [0.29, 0.717) is 17.8 Å². The summed E-state index contributed by atoms with van der Waals surface area (Å²) in [7, 11) is 0. The Morgan fingerprint density at radius 3 is 2.29 bits per heavy atom. The fourth-order valence-corrected chi connectivity index (χ4v) is 2.65. The molecule has 21 heavy (non-hydrogen) atoms. The van der Waals surface area contributed by atoms with E-state index in [1.165, 1.54) is 5.56 Å². The van der Waals surface area contributed by atoms with E-state index in [9.17, 15) is 4.79 Å². The molecule has 0 aliphatic heterocycles. The van der Waals surface area contributed by atoms with Crippen LogP contribution < -0.4 is 10.6 Å². The van der Waals surface area contributed by atoms with Crippen LogP contribution in [0.15, 0.2) is 29.2 Å². The van der Waals surface area contributed by atoms with Crippen molar-refractivity contribution in [3.8, 4) is 0 Å². The van der Waals surface area contributed by atoms with Crippen molar-refractivity contribution in [1.29, 1.82) is 0 Å². The number of rotatable bonds is 9. The molecule has 0 saturated heterocycles. The average molecular weight is 308 g/mol. The van der Waals surface area contributed by atoms with E-state index >= 15 is 0 Å². The molecule has 1 amide bonds. The third-order valence-electron chi connectivity index (χ3n) is 3.36. The lowest BCUT2D eigenvalue weighted by molar-refractivity contribution is -0.119. The van der Waals surface area contributed by atoms with E-state index in [4.69, 9.17) is 0 Å². The molecule has 0 bridgehead atoms. The minimum atomic E-state index is 0.124. The zero-order chi connectivity index (χ0) is 15.7. The van der Waals surface area contributed by atoms with Gasteiger partial charge in [0.2, 0.25) is 5.91 Å². The smallest absolute Gasteiger partial charge is 0.230 e. The molecule has 3 nitrogen and oxygen atoms in total. The van der Waals surface area contributed by atoms with Crippen LogP contribution in [0.2, 0.25) is 0 Å². The summed E-state index contributed by atoms with van der Waals surface area (Å²) in [5.74, 6) is 0.611. The zero-order valence-corrected chi connectivity index (χ0v) is 14.4. The first-order valence-corrected chi connectivity index (χ1v) is 8.78. The maximum atomic E-state index is 11.8. The SMILES string of the molecule is CCC(CC)NC(=O)CSc1ccc(CNC(C)C)cc1. The molecule has 0 atom stereocenters. The molecule has 0 saturated carbocycles. The number of hydrogen-bond donors (Lipinski definition) is 2. The first kappa shape index (κ1) is 18.1. The van der Waals surface area contributed by atoms with Gasteiger partial charge in [0, 0.05) is 23.5 Å². The molecular weight excluding hydrogens is 280 g/mol. The minimum absolute atomic E-state index is 0.124. The summed E-state index contributed by atoms with van der Waals surface area (Å²) >= 11 is 1.59. The first-order chi connectivity index (χ1) is 10.0. The third kappa shape index (κ3) is 7.53. The summed E-state index contributed by atoms with van der Waals surface area (Å²) in [5.41, 5.74) is 1.27. The normalized spacial score (nSPS) is 11.1. The van der Waals surface area contributed by atoms with Gasteiger partial charge in [0.15, 0.2) is 0 Å². The Balaban J connectivity index is 2.36. The molecule has 1 rings (SSSR count). The van der Waals surface area contributed by atoms with Gasteiger partial charge in [0.05, 0.1) is 5.75 Å². The summed E-state index contributed by atoms with van der Waals surface area (Å²) in [6.45, 7) is 9.38. The summed E-state index contributed by atoms with van der Waals surface area (Å²) < 4.78 is 0. The van der Waals surface area contributed by atoms with Gasteiger partial charge in [-0.2, -0.15) is 0 Å². The Hall–Kier alpha value is -1.00. The van der Waals surface area contributed by atoms with Gasteiger partial charge < -0.3 is 10.6 Å². The molecule has 0 heterocycles. The molecule has 0 fully saturated rings. The number of benzene rings is 1. The number of carbonyl (C=O) groups is 1. The van der Waals surface area contributed by atoms with E-state index in [2.05, 4.69) is 62.6 Å². The lowest BCUT2D eigenvalue weighted by atomic mass is 10.2. The fraction of sp³-hybridized carbons (Fsp3) is 0.588. The standard InChI is InChI=1S/C17H28N2OS/c1-5-15(6-2)19-17(20)12-21-16-9-7-14(8-10-16)11-18-13(3)4/h7-10,13,15,18H,5-6,11-12H2,1-4H3,(H,19,20). The Kier molecular flexibility index (Phi) is 8.47. The van der Waals surface area contributed by atoms with Gasteiger partial charge in [-0.3, -0.25) is 4.79 Å². The van der Waals surface area contributed by atoms with Gasteiger partial charge >= 0.3 is 0 Å². The Bertz CT molecular complexity index is 413. The number of hydrogen-bond acceptors (Lipinski definition) is 3. The molecule has 118 valence electrons. The van der Waals surface area contributed by atoms with E-state index < -0.39 is 0 Å². The Morgan fingerprint density at radius 1 is 1.14 bits per heavy atom. The molecule has 0 unspecified atom stereocenters.